The smallest absolute Gasteiger partial charge is 0.224 e. The molecule has 6 heteroatoms. The molecule has 0 saturated heterocycles. The van der Waals surface area contributed by atoms with Crippen LogP contribution in [0.15, 0.2) is 17.3 Å². The minimum absolute atomic E-state index is 0.159. The summed E-state index contributed by atoms with van der Waals surface area (Å²) in [6.45, 7) is 4.19. The van der Waals surface area contributed by atoms with Crippen LogP contribution in [0.4, 0.5) is 5.82 Å². The van der Waals surface area contributed by atoms with E-state index in [2.05, 4.69) is 37.8 Å². The van der Waals surface area contributed by atoms with E-state index >= 15 is 0 Å². The SMILES string of the molecule is C=C(Br)CNc1nc(Cl)ncc1Cl. The zero-order chi connectivity index (χ0) is 9.84. The molecule has 0 amide bonds. The van der Waals surface area contributed by atoms with Gasteiger partial charge in [0, 0.05) is 11.0 Å². The predicted molar refractivity (Wildman–Crippen MR) is 58.6 cm³/mol. The van der Waals surface area contributed by atoms with E-state index in [1.165, 1.54) is 6.20 Å². The third-order valence-electron chi connectivity index (χ3n) is 1.16. The van der Waals surface area contributed by atoms with Crippen molar-refractivity contribution < 1.29 is 0 Å². The molecule has 0 saturated carbocycles. The Morgan fingerprint density at radius 1 is 1.62 bits per heavy atom. The summed E-state index contributed by atoms with van der Waals surface area (Å²) in [6.07, 6.45) is 1.44. The van der Waals surface area contributed by atoms with E-state index in [1.54, 1.807) is 0 Å². The number of hydrogen-bond acceptors (Lipinski definition) is 3. The molecule has 0 fully saturated rings. The highest BCUT2D eigenvalue weighted by Gasteiger charge is 2.02. The Labute approximate surface area is 94.3 Å². The molecule has 1 aromatic rings. The van der Waals surface area contributed by atoms with Gasteiger partial charge in [0.1, 0.15) is 10.8 Å². The highest BCUT2D eigenvalue weighted by Crippen LogP contribution is 2.19. The van der Waals surface area contributed by atoms with E-state index in [1.807, 2.05) is 0 Å². The molecule has 0 unspecified atom stereocenters. The zero-order valence-corrected chi connectivity index (χ0v) is 9.62. The molecular weight excluding hydrogens is 277 g/mol. The standard InChI is InChI=1S/C7H6BrCl2N3/c1-4(8)2-11-6-5(9)3-12-7(10)13-6/h3H,1-2H2,(H,11,12,13). The third-order valence-corrected chi connectivity index (χ3v) is 1.90. The number of rotatable bonds is 3. The van der Waals surface area contributed by atoms with Crippen LogP contribution in [0.5, 0.6) is 0 Å². The predicted octanol–water partition coefficient (Wildman–Crippen LogP) is 3.10. The Balaban J connectivity index is 2.75. The summed E-state index contributed by atoms with van der Waals surface area (Å²) < 4.78 is 0.804. The maximum absolute atomic E-state index is 5.79. The van der Waals surface area contributed by atoms with Gasteiger partial charge < -0.3 is 5.32 Å². The van der Waals surface area contributed by atoms with Crippen molar-refractivity contribution in [1.82, 2.24) is 9.97 Å². The van der Waals surface area contributed by atoms with Crippen LogP contribution in [-0.2, 0) is 0 Å². The van der Waals surface area contributed by atoms with Crippen LogP contribution >= 0.6 is 39.1 Å². The lowest BCUT2D eigenvalue weighted by Gasteiger charge is -2.05. The zero-order valence-electron chi connectivity index (χ0n) is 6.52. The van der Waals surface area contributed by atoms with Crippen molar-refractivity contribution in [2.75, 3.05) is 11.9 Å². The Morgan fingerprint density at radius 2 is 2.31 bits per heavy atom. The average molecular weight is 283 g/mol. The lowest BCUT2D eigenvalue weighted by molar-refractivity contribution is 1.14. The van der Waals surface area contributed by atoms with Crippen LogP contribution in [0.3, 0.4) is 0 Å². The lowest BCUT2D eigenvalue weighted by atomic mass is 10.5. The normalized spacial score (nSPS) is 9.77. The summed E-state index contributed by atoms with van der Waals surface area (Å²) in [5.74, 6) is 0.502. The molecule has 3 nitrogen and oxygen atoms in total. The fourth-order valence-corrected chi connectivity index (χ4v) is 1.08. The van der Waals surface area contributed by atoms with E-state index in [0.29, 0.717) is 17.4 Å². The number of halogens is 3. The molecule has 0 radical (unpaired) electrons. The largest absolute Gasteiger partial charge is 0.364 e. The van der Waals surface area contributed by atoms with Gasteiger partial charge in [0.15, 0.2) is 0 Å². The van der Waals surface area contributed by atoms with Crippen molar-refractivity contribution in [3.8, 4) is 0 Å². The van der Waals surface area contributed by atoms with Crippen LogP contribution in [0.25, 0.3) is 0 Å². The second-order valence-corrected chi connectivity index (χ2v) is 4.07. The van der Waals surface area contributed by atoms with Crippen molar-refractivity contribution >= 4 is 44.9 Å². The maximum atomic E-state index is 5.79. The van der Waals surface area contributed by atoms with Crippen LogP contribution in [0.1, 0.15) is 0 Å². The molecule has 1 N–H and O–H groups in total. The van der Waals surface area contributed by atoms with Crippen LogP contribution in [0, 0.1) is 0 Å². The monoisotopic (exact) mass is 281 g/mol. The summed E-state index contributed by atoms with van der Waals surface area (Å²) in [4.78, 5) is 7.61. The van der Waals surface area contributed by atoms with Crippen molar-refractivity contribution in [2.24, 2.45) is 0 Å². The quantitative estimate of drug-likeness (QED) is 0.866. The molecule has 13 heavy (non-hydrogen) atoms. The number of nitrogens with zero attached hydrogens (tertiary/aromatic N) is 2. The van der Waals surface area contributed by atoms with Crippen LogP contribution in [-0.4, -0.2) is 16.5 Å². The molecule has 0 aromatic carbocycles. The van der Waals surface area contributed by atoms with Gasteiger partial charge in [-0.2, -0.15) is 4.98 Å². The molecule has 70 valence electrons. The first-order valence-electron chi connectivity index (χ1n) is 3.35. The van der Waals surface area contributed by atoms with Gasteiger partial charge in [-0.15, -0.1) is 0 Å². The molecule has 0 aliphatic carbocycles. The lowest BCUT2D eigenvalue weighted by Crippen LogP contribution is -2.03. The number of aromatic nitrogens is 2. The fraction of sp³-hybridized carbons (Fsp3) is 0.143. The van der Waals surface area contributed by atoms with Gasteiger partial charge in [-0.25, -0.2) is 4.98 Å². The van der Waals surface area contributed by atoms with E-state index in [9.17, 15) is 0 Å². The third kappa shape index (κ3) is 3.50. The van der Waals surface area contributed by atoms with Crippen molar-refractivity contribution in [2.45, 2.75) is 0 Å². The summed E-state index contributed by atoms with van der Waals surface area (Å²) in [5.41, 5.74) is 0. The van der Waals surface area contributed by atoms with E-state index in [4.69, 9.17) is 23.2 Å². The summed E-state index contributed by atoms with van der Waals surface area (Å²) >= 11 is 14.6. The molecule has 0 bridgehead atoms. The molecule has 0 aliphatic rings. The molecule has 0 spiro atoms. The van der Waals surface area contributed by atoms with Gasteiger partial charge in [0.25, 0.3) is 0 Å². The second-order valence-electron chi connectivity index (χ2n) is 2.21. The van der Waals surface area contributed by atoms with Crippen molar-refractivity contribution in [3.63, 3.8) is 0 Å². The first-order chi connectivity index (χ1) is 6.09. The van der Waals surface area contributed by atoms with Gasteiger partial charge in [-0.05, 0) is 11.6 Å². The Bertz CT molecular complexity index is 330. The highest BCUT2D eigenvalue weighted by molar-refractivity contribution is 9.11. The minimum atomic E-state index is 0.159. The molecule has 0 atom stereocenters. The van der Waals surface area contributed by atoms with Gasteiger partial charge in [0.05, 0.1) is 6.20 Å². The molecular formula is C7H6BrCl2N3. The topological polar surface area (TPSA) is 37.8 Å². The summed E-state index contributed by atoms with van der Waals surface area (Å²) in [5, 5.41) is 3.53. The first-order valence-corrected chi connectivity index (χ1v) is 4.89. The Kier molecular flexibility index (Phi) is 3.96. The Hall–Kier alpha value is -0.320. The van der Waals surface area contributed by atoms with E-state index < -0.39 is 0 Å². The van der Waals surface area contributed by atoms with Crippen LogP contribution < -0.4 is 5.32 Å². The molecule has 1 heterocycles. The van der Waals surface area contributed by atoms with Gasteiger partial charge in [-0.1, -0.05) is 34.1 Å². The number of nitrogens with one attached hydrogen (secondary N) is 1. The molecule has 1 aromatic heterocycles. The minimum Gasteiger partial charge on any atom is -0.364 e. The van der Waals surface area contributed by atoms with Gasteiger partial charge >= 0.3 is 0 Å². The number of hydrogen-bond donors (Lipinski definition) is 1. The summed E-state index contributed by atoms with van der Waals surface area (Å²) in [6, 6.07) is 0. The average Bonchev–Trinajstić information content (AvgIpc) is 2.06. The Morgan fingerprint density at radius 3 is 2.92 bits per heavy atom. The van der Waals surface area contributed by atoms with Gasteiger partial charge in [0.2, 0.25) is 5.28 Å². The fourth-order valence-electron chi connectivity index (χ4n) is 0.649. The second kappa shape index (κ2) is 4.79. The first kappa shape index (κ1) is 10.8. The van der Waals surface area contributed by atoms with Gasteiger partial charge in [-0.3, -0.25) is 0 Å². The number of anilines is 1. The van der Waals surface area contributed by atoms with Crippen molar-refractivity contribution in [3.05, 3.63) is 27.6 Å². The summed E-state index contributed by atoms with van der Waals surface area (Å²) in [7, 11) is 0. The molecule has 0 aliphatic heterocycles. The highest BCUT2D eigenvalue weighted by atomic mass is 79.9. The van der Waals surface area contributed by atoms with E-state index in [-0.39, 0.29) is 5.28 Å². The van der Waals surface area contributed by atoms with E-state index in [0.717, 1.165) is 4.48 Å². The molecule has 1 rings (SSSR count). The van der Waals surface area contributed by atoms with Crippen molar-refractivity contribution in [1.29, 1.82) is 0 Å². The maximum Gasteiger partial charge on any atom is 0.224 e. The van der Waals surface area contributed by atoms with Crippen LogP contribution in [0.2, 0.25) is 10.3 Å².